The summed E-state index contributed by atoms with van der Waals surface area (Å²) in [5.41, 5.74) is 11.7. The van der Waals surface area contributed by atoms with Crippen LogP contribution in [0.15, 0.2) is 194 Å². The third kappa shape index (κ3) is 4.83. The summed E-state index contributed by atoms with van der Waals surface area (Å²) in [6.45, 7) is 0. The van der Waals surface area contributed by atoms with Crippen molar-refractivity contribution in [3.05, 3.63) is 194 Å². The molecule has 2 nitrogen and oxygen atoms in total. The highest BCUT2D eigenvalue weighted by Crippen LogP contribution is 2.41. The van der Waals surface area contributed by atoms with Crippen LogP contribution in [0.2, 0.25) is 0 Å². The van der Waals surface area contributed by atoms with Crippen LogP contribution in [0.3, 0.4) is 0 Å². The molecule has 0 amide bonds. The molecule has 0 aliphatic rings. The zero-order valence-corrected chi connectivity index (χ0v) is 26.4. The number of nitrogens with zero attached hydrogens (tertiary/aromatic N) is 2. The summed E-state index contributed by atoms with van der Waals surface area (Å²) in [7, 11) is 0. The molecule has 226 valence electrons. The zero-order valence-electron chi connectivity index (χ0n) is 26.4. The van der Waals surface area contributed by atoms with Crippen molar-refractivity contribution in [1.29, 1.82) is 0 Å². The van der Waals surface area contributed by atoms with E-state index in [1.165, 1.54) is 54.8 Å². The van der Waals surface area contributed by atoms with Gasteiger partial charge in [-0.3, -0.25) is 0 Å². The molecule has 0 N–H and O–H groups in total. The molecule has 0 aliphatic heterocycles. The lowest BCUT2D eigenvalue weighted by molar-refractivity contribution is 1.18. The monoisotopic (exact) mass is 612 g/mol. The molecule has 2 heteroatoms. The molecular weight excluding hydrogens is 581 g/mol. The van der Waals surface area contributed by atoms with E-state index in [1.54, 1.807) is 0 Å². The van der Waals surface area contributed by atoms with Gasteiger partial charge in [0, 0.05) is 33.5 Å². The Bertz CT molecular complexity index is 2530. The number of hydrogen-bond acceptors (Lipinski definition) is 1. The minimum absolute atomic E-state index is 1.11. The quantitative estimate of drug-likeness (QED) is 0.181. The molecule has 0 aliphatic carbocycles. The van der Waals surface area contributed by atoms with E-state index in [4.69, 9.17) is 0 Å². The second-order valence-electron chi connectivity index (χ2n) is 12.2. The molecule has 9 aromatic rings. The second kappa shape index (κ2) is 11.8. The summed E-state index contributed by atoms with van der Waals surface area (Å²) < 4.78 is 2.41. The van der Waals surface area contributed by atoms with Crippen molar-refractivity contribution < 1.29 is 0 Å². The van der Waals surface area contributed by atoms with Crippen molar-refractivity contribution in [2.75, 3.05) is 4.90 Å². The fourth-order valence-electron chi connectivity index (χ4n) is 7.10. The summed E-state index contributed by atoms with van der Waals surface area (Å²) in [6, 6.07) is 69.9. The first kappa shape index (κ1) is 27.9. The maximum absolute atomic E-state index is 2.41. The smallest absolute Gasteiger partial charge is 0.0561 e. The molecule has 0 bridgehead atoms. The molecule has 0 spiro atoms. The van der Waals surface area contributed by atoms with E-state index in [2.05, 4.69) is 204 Å². The number of fused-ring (bicyclic) bond motifs is 4. The predicted molar refractivity (Wildman–Crippen MR) is 204 cm³/mol. The molecule has 0 saturated carbocycles. The van der Waals surface area contributed by atoms with Crippen LogP contribution in [-0.4, -0.2) is 4.57 Å². The molecule has 1 heterocycles. The standard InChI is InChI=1S/C46H32N2/c1-4-13-33(14-5-1)36-25-29-43-44-30-28-40(32-46(44)48(45(43)31-36)38-19-8-3-9-20-38)47(37-17-6-2-7-18-37)39-26-23-35(24-27-39)42-22-12-16-34-15-10-11-21-41(34)42/h1-32H. The fraction of sp³-hybridized carbons (Fsp3) is 0. The van der Waals surface area contributed by atoms with Gasteiger partial charge in [0.05, 0.1) is 11.0 Å². The Morgan fingerprint density at radius 3 is 1.67 bits per heavy atom. The predicted octanol–water partition coefficient (Wildman–Crippen LogP) is 12.7. The van der Waals surface area contributed by atoms with Gasteiger partial charge in [0.25, 0.3) is 0 Å². The van der Waals surface area contributed by atoms with Gasteiger partial charge in [-0.1, -0.05) is 140 Å². The van der Waals surface area contributed by atoms with E-state index in [9.17, 15) is 0 Å². The van der Waals surface area contributed by atoms with Gasteiger partial charge in [0.2, 0.25) is 0 Å². The van der Waals surface area contributed by atoms with Gasteiger partial charge in [0.1, 0.15) is 0 Å². The highest BCUT2D eigenvalue weighted by atomic mass is 15.1. The average Bonchev–Trinajstić information content (AvgIpc) is 3.49. The van der Waals surface area contributed by atoms with Crippen LogP contribution in [0.4, 0.5) is 17.1 Å². The third-order valence-electron chi connectivity index (χ3n) is 9.37. The molecule has 48 heavy (non-hydrogen) atoms. The first-order valence-corrected chi connectivity index (χ1v) is 16.4. The van der Waals surface area contributed by atoms with Gasteiger partial charge in [-0.2, -0.15) is 0 Å². The maximum Gasteiger partial charge on any atom is 0.0561 e. The molecular formula is C46H32N2. The number of hydrogen-bond donors (Lipinski definition) is 0. The molecule has 9 rings (SSSR count). The number of para-hydroxylation sites is 2. The number of benzene rings is 8. The van der Waals surface area contributed by atoms with Crippen LogP contribution in [0.25, 0.3) is 60.5 Å². The van der Waals surface area contributed by atoms with Crippen LogP contribution in [-0.2, 0) is 0 Å². The molecule has 0 radical (unpaired) electrons. The van der Waals surface area contributed by atoms with Crippen LogP contribution < -0.4 is 4.90 Å². The summed E-state index contributed by atoms with van der Waals surface area (Å²) in [5, 5.41) is 4.99. The lowest BCUT2D eigenvalue weighted by Gasteiger charge is -2.26. The minimum atomic E-state index is 1.11. The normalized spacial score (nSPS) is 11.3. The highest BCUT2D eigenvalue weighted by molar-refractivity contribution is 6.11. The molecule has 0 saturated heterocycles. The van der Waals surface area contributed by atoms with Gasteiger partial charge in [-0.15, -0.1) is 0 Å². The summed E-state index contributed by atoms with van der Waals surface area (Å²) in [4.78, 5) is 2.36. The number of aromatic nitrogens is 1. The topological polar surface area (TPSA) is 8.17 Å². The van der Waals surface area contributed by atoms with Crippen molar-refractivity contribution >= 4 is 49.6 Å². The number of rotatable bonds is 6. The zero-order chi connectivity index (χ0) is 31.9. The van der Waals surface area contributed by atoms with E-state index in [-0.39, 0.29) is 0 Å². The van der Waals surface area contributed by atoms with E-state index in [0.29, 0.717) is 0 Å². The Balaban J connectivity index is 1.22. The van der Waals surface area contributed by atoms with Gasteiger partial charge in [0.15, 0.2) is 0 Å². The first-order valence-electron chi connectivity index (χ1n) is 16.4. The highest BCUT2D eigenvalue weighted by Gasteiger charge is 2.18. The minimum Gasteiger partial charge on any atom is -0.310 e. The molecule has 0 atom stereocenters. The van der Waals surface area contributed by atoms with Crippen LogP contribution in [0.1, 0.15) is 0 Å². The van der Waals surface area contributed by atoms with Crippen molar-refractivity contribution in [1.82, 2.24) is 4.57 Å². The molecule has 8 aromatic carbocycles. The summed E-state index contributed by atoms with van der Waals surface area (Å²) >= 11 is 0. The second-order valence-corrected chi connectivity index (χ2v) is 12.2. The fourth-order valence-corrected chi connectivity index (χ4v) is 7.10. The van der Waals surface area contributed by atoms with Crippen LogP contribution >= 0.6 is 0 Å². The summed E-state index contributed by atoms with van der Waals surface area (Å²) in [5.74, 6) is 0. The van der Waals surface area contributed by atoms with Gasteiger partial charge in [-0.25, -0.2) is 0 Å². The van der Waals surface area contributed by atoms with E-state index >= 15 is 0 Å². The lowest BCUT2D eigenvalue weighted by atomic mass is 9.98. The van der Waals surface area contributed by atoms with Crippen molar-refractivity contribution in [3.8, 4) is 27.9 Å². The van der Waals surface area contributed by atoms with Crippen molar-refractivity contribution in [3.63, 3.8) is 0 Å². The van der Waals surface area contributed by atoms with Gasteiger partial charge < -0.3 is 9.47 Å². The maximum atomic E-state index is 2.41. The summed E-state index contributed by atoms with van der Waals surface area (Å²) in [6.07, 6.45) is 0. The van der Waals surface area contributed by atoms with Gasteiger partial charge in [-0.05, 0) is 87.6 Å². The van der Waals surface area contributed by atoms with Crippen LogP contribution in [0.5, 0.6) is 0 Å². The van der Waals surface area contributed by atoms with Crippen LogP contribution in [0, 0.1) is 0 Å². The third-order valence-corrected chi connectivity index (χ3v) is 9.37. The van der Waals surface area contributed by atoms with Crippen molar-refractivity contribution in [2.24, 2.45) is 0 Å². The average molecular weight is 613 g/mol. The van der Waals surface area contributed by atoms with E-state index in [1.807, 2.05) is 0 Å². The number of anilines is 3. The Labute approximate surface area is 280 Å². The molecule has 0 unspecified atom stereocenters. The Morgan fingerprint density at radius 1 is 0.333 bits per heavy atom. The molecule has 1 aromatic heterocycles. The SMILES string of the molecule is c1ccc(-c2ccc3c4ccc(N(c5ccccc5)c5ccc(-c6cccc7ccccc67)cc5)cc4n(-c4ccccc4)c3c2)cc1. The van der Waals surface area contributed by atoms with Gasteiger partial charge >= 0.3 is 0 Å². The lowest BCUT2D eigenvalue weighted by Crippen LogP contribution is -2.10. The van der Waals surface area contributed by atoms with E-state index in [0.717, 1.165) is 22.7 Å². The Kier molecular flexibility index (Phi) is 6.84. The Morgan fingerprint density at radius 2 is 0.896 bits per heavy atom. The van der Waals surface area contributed by atoms with Crippen molar-refractivity contribution in [2.45, 2.75) is 0 Å². The first-order chi connectivity index (χ1) is 23.8. The Hall–Kier alpha value is -6.38. The molecule has 0 fully saturated rings. The largest absolute Gasteiger partial charge is 0.310 e. The van der Waals surface area contributed by atoms with E-state index < -0.39 is 0 Å².